The standard InChI is InChI=1S/C34H42FN7O3/c1-22-16-40(28(18-39-17-27(14-36)38-23(39)2)19-41(22)32(44)45-33(3,4)5)20-30(43)42-21-34(6,7)31-29(42)13-25(15-37-31)12-24-8-10-26(35)11-9-24/h8-11,13,15,17,22,28H,12,16,18-21H2,1-7H3/t22-,28+/m1/s1. The lowest BCUT2D eigenvalue weighted by Crippen LogP contribution is -2.62. The number of carbonyl (C=O) groups excluding carboxylic acids is 2. The number of ether oxygens (including phenoxy) is 1. The Balaban J connectivity index is 1.39. The van der Waals surface area contributed by atoms with Gasteiger partial charge in [-0.3, -0.25) is 14.7 Å². The number of anilines is 1. The molecule has 0 spiro atoms. The normalized spacial score (nSPS) is 19.7. The fourth-order valence-corrected chi connectivity index (χ4v) is 6.22. The first-order valence-electron chi connectivity index (χ1n) is 15.4. The van der Waals surface area contributed by atoms with Gasteiger partial charge in [0.15, 0.2) is 5.69 Å². The Morgan fingerprint density at radius 1 is 1.16 bits per heavy atom. The summed E-state index contributed by atoms with van der Waals surface area (Å²) in [4.78, 5) is 42.1. The second-order valence-corrected chi connectivity index (χ2v) is 13.9. The molecule has 2 atom stereocenters. The molecule has 3 aromatic rings. The highest BCUT2D eigenvalue weighted by molar-refractivity contribution is 5.97. The number of nitriles is 1. The third-order valence-corrected chi connectivity index (χ3v) is 8.45. The van der Waals surface area contributed by atoms with Crippen molar-refractivity contribution < 1.29 is 18.7 Å². The molecule has 5 rings (SSSR count). The summed E-state index contributed by atoms with van der Waals surface area (Å²) < 4.78 is 21.1. The molecule has 4 heterocycles. The van der Waals surface area contributed by atoms with Crippen molar-refractivity contribution in [3.63, 3.8) is 0 Å². The van der Waals surface area contributed by atoms with E-state index in [0.717, 1.165) is 22.5 Å². The molecule has 0 saturated carbocycles. The van der Waals surface area contributed by atoms with Crippen LogP contribution in [0, 0.1) is 24.1 Å². The highest BCUT2D eigenvalue weighted by atomic mass is 19.1. The molecule has 0 radical (unpaired) electrons. The van der Waals surface area contributed by atoms with E-state index in [2.05, 4.69) is 29.8 Å². The molecular formula is C34H42FN7O3. The second kappa shape index (κ2) is 12.2. The Kier molecular flexibility index (Phi) is 8.73. The van der Waals surface area contributed by atoms with E-state index >= 15 is 0 Å². The SMILES string of the molecule is Cc1nc(C#N)cn1C[C@H]1CN(C(=O)OC(C)(C)C)[C@H](C)CN1CC(=O)N1CC(C)(C)c2ncc(Cc3ccc(F)cc3)cc21. The fraction of sp³-hybridized carbons (Fsp3) is 0.500. The van der Waals surface area contributed by atoms with Crippen molar-refractivity contribution >= 4 is 17.7 Å². The van der Waals surface area contributed by atoms with E-state index in [1.807, 2.05) is 56.3 Å². The molecule has 2 aromatic heterocycles. The average molecular weight is 616 g/mol. The minimum absolute atomic E-state index is 0.0504. The number of carbonyl (C=O) groups is 2. The number of nitrogens with zero attached hydrogens (tertiary/aromatic N) is 7. The minimum Gasteiger partial charge on any atom is -0.444 e. The smallest absolute Gasteiger partial charge is 0.410 e. The quantitative estimate of drug-likeness (QED) is 0.391. The van der Waals surface area contributed by atoms with Gasteiger partial charge in [0.1, 0.15) is 23.3 Å². The molecule has 10 nitrogen and oxygen atoms in total. The molecule has 2 amide bonds. The molecule has 1 saturated heterocycles. The van der Waals surface area contributed by atoms with E-state index in [1.165, 1.54) is 12.1 Å². The number of pyridine rings is 1. The van der Waals surface area contributed by atoms with E-state index < -0.39 is 5.60 Å². The highest BCUT2D eigenvalue weighted by Gasteiger charge is 2.42. The molecule has 2 aliphatic rings. The van der Waals surface area contributed by atoms with E-state index in [4.69, 9.17) is 9.72 Å². The first-order chi connectivity index (χ1) is 21.1. The molecule has 2 aliphatic heterocycles. The molecular weight excluding hydrogens is 573 g/mol. The van der Waals surface area contributed by atoms with Crippen LogP contribution in [0.2, 0.25) is 0 Å². The van der Waals surface area contributed by atoms with Crippen molar-refractivity contribution in [2.75, 3.05) is 31.1 Å². The summed E-state index contributed by atoms with van der Waals surface area (Å²) in [6.45, 7) is 15.4. The summed E-state index contributed by atoms with van der Waals surface area (Å²) in [5.41, 5.74) is 2.93. The van der Waals surface area contributed by atoms with Crippen LogP contribution in [0.25, 0.3) is 0 Å². The van der Waals surface area contributed by atoms with Gasteiger partial charge in [0.2, 0.25) is 5.91 Å². The zero-order chi connectivity index (χ0) is 32.7. The number of halogens is 1. The van der Waals surface area contributed by atoms with Gasteiger partial charge >= 0.3 is 6.09 Å². The minimum atomic E-state index is -0.637. The number of imidazole rings is 1. The predicted octanol–water partition coefficient (Wildman–Crippen LogP) is 4.82. The van der Waals surface area contributed by atoms with Crippen molar-refractivity contribution in [3.05, 3.63) is 76.9 Å². The molecule has 1 aromatic carbocycles. The highest BCUT2D eigenvalue weighted by Crippen LogP contribution is 2.40. The van der Waals surface area contributed by atoms with E-state index in [9.17, 15) is 19.2 Å². The van der Waals surface area contributed by atoms with Gasteiger partial charge in [0.05, 0.1) is 17.9 Å². The molecule has 1 fully saturated rings. The summed E-state index contributed by atoms with van der Waals surface area (Å²) in [6.07, 6.45) is 3.73. The molecule has 0 aliphatic carbocycles. The zero-order valence-corrected chi connectivity index (χ0v) is 27.2. The average Bonchev–Trinajstić information content (AvgIpc) is 3.45. The number of aromatic nitrogens is 3. The molecule has 45 heavy (non-hydrogen) atoms. The summed E-state index contributed by atoms with van der Waals surface area (Å²) in [7, 11) is 0. The zero-order valence-electron chi connectivity index (χ0n) is 27.2. The lowest BCUT2D eigenvalue weighted by atomic mass is 9.91. The Hall–Kier alpha value is -4.30. The summed E-state index contributed by atoms with van der Waals surface area (Å²) >= 11 is 0. The van der Waals surface area contributed by atoms with Gasteiger partial charge in [-0.05, 0) is 70.4 Å². The maximum atomic E-state index is 14.1. The summed E-state index contributed by atoms with van der Waals surface area (Å²) in [6, 6.07) is 10.1. The number of benzene rings is 1. The topological polar surface area (TPSA) is 108 Å². The van der Waals surface area contributed by atoms with Crippen LogP contribution in [0.15, 0.2) is 42.7 Å². The third-order valence-electron chi connectivity index (χ3n) is 8.45. The number of piperazine rings is 1. The van der Waals surface area contributed by atoms with Crippen LogP contribution in [-0.2, 0) is 27.9 Å². The van der Waals surface area contributed by atoms with E-state index in [-0.39, 0.29) is 41.9 Å². The van der Waals surface area contributed by atoms with Crippen molar-refractivity contribution in [2.45, 2.75) is 84.5 Å². The summed E-state index contributed by atoms with van der Waals surface area (Å²) in [5, 5.41) is 9.39. The monoisotopic (exact) mass is 615 g/mol. The predicted molar refractivity (Wildman–Crippen MR) is 168 cm³/mol. The number of hydrogen-bond acceptors (Lipinski definition) is 7. The van der Waals surface area contributed by atoms with Crippen molar-refractivity contribution in [2.24, 2.45) is 0 Å². The van der Waals surface area contributed by atoms with Gasteiger partial charge in [-0.25, -0.2) is 14.2 Å². The van der Waals surface area contributed by atoms with Crippen molar-refractivity contribution in [3.8, 4) is 6.07 Å². The van der Waals surface area contributed by atoms with Gasteiger partial charge < -0.3 is 19.1 Å². The molecule has 11 heteroatoms. The van der Waals surface area contributed by atoms with E-state index in [0.29, 0.717) is 44.1 Å². The molecule has 0 unspecified atom stereocenters. The van der Waals surface area contributed by atoms with Crippen molar-refractivity contribution in [1.82, 2.24) is 24.3 Å². The molecule has 0 bridgehead atoms. The number of fused-ring (bicyclic) bond motifs is 1. The van der Waals surface area contributed by atoms with Crippen LogP contribution in [-0.4, -0.2) is 80.2 Å². The summed E-state index contributed by atoms with van der Waals surface area (Å²) in [5.74, 6) is 0.360. The number of rotatable bonds is 6. The first-order valence-corrected chi connectivity index (χ1v) is 15.4. The fourth-order valence-electron chi connectivity index (χ4n) is 6.22. The van der Waals surface area contributed by atoms with Gasteiger partial charge in [-0.15, -0.1) is 0 Å². The van der Waals surface area contributed by atoms with Crippen LogP contribution in [0.1, 0.15) is 69.9 Å². The Labute approximate surface area is 264 Å². The maximum Gasteiger partial charge on any atom is 0.410 e. The lowest BCUT2D eigenvalue weighted by molar-refractivity contribution is -0.121. The lowest BCUT2D eigenvalue weighted by Gasteiger charge is -2.45. The Bertz CT molecular complexity index is 1620. The van der Waals surface area contributed by atoms with Crippen LogP contribution in [0.3, 0.4) is 0 Å². The van der Waals surface area contributed by atoms with Gasteiger partial charge in [0.25, 0.3) is 0 Å². The van der Waals surface area contributed by atoms with Crippen LogP contribution < -0.4 is 4.90 Å². The van der Waals surface area contributed by atoms with Crippen LogP contribution in [0.4, 0.5) is 14.9 Å². The molecule has 0 N–H and O–H groups in total. The first kappa shape index (κ1) is 32.1. The van der Waals surface area contributed by atoms with Gasteiger partial charge in [-0.1, -0.05) is 26.0 Å². The number of aryl methyl sites for hydroxylation is 1. The van der Waals surface area contributed by atoms with E-state index in [1.54, 1.807) is 23.2 Å². The van der Waals surface area contributed by atoms with Gasteiger partial charge in [-0.2, -0.15) is 5.26 Å². The maximum absolute atomic E-state index is 14.1. The molecule has 238 valence electrons. The Morgan fingerprint density at radius 2 is 1.87 bits per heavy atom. The largest absolute Gasteiger partial charge is 0.444 e. The number of hydrogen-bond donors (Lipinski definition) is 0. The second-order valence-electron chi connectivity index (χ2n) is 13.9. The Morgan fingerprint density at radius 3 is 2.51 bits per heavy atom. The van der Waals surface area contributed by atoms with Crippen molar-refractivity contribution in [1.29, 1.82) is 5.26 Å². The van der Waals surface area contributed by atoms with Crippen LogP contribution in [0.5, 0.6) is 0 Å². The number of amides is 2. The van der Waals surface area contributed by atoms with Crippen LogP contribution >= 0.6 is 0 Å². The third kappa shape index (κ3) is 7.17. The van der Waals surface area contributed by atoms with Gasteiger partial charge in [0, 0.05) is 56.1 Å².